The monoisotopic (exact) mass is 480 g/mol. The van der Waals surface area contributed by atoms with Gasteiger partial charge in [0.1, 0.15) is 11.6 Å². The van der Waals surface area contributed by atoms with E-state index in [4.69, 9.17) is 14.5 Å². The number of ether oxygens (including phenoxy) is 2. The van der Waals surface area contributed by atoms with Gasteiger partial charge in [-0.25, -0.2) is 9.97 Å². The van der Waals surface area contributed by atoms with Crippen LogP contribution in [-0.4, -0.2) is 72.1 Å². The Morgan fingerprint density at radius 1 is 1.11 bits per heavy atom. The van der Waals surface area contributed by atoms with Gasteiger partial charge in [0, 0.05) is 50.4 Å². The summed E-state index contributed by atoms with van der Waals surface area (Å²) in [7, 11) is 1.71. The summed E-state index contributed by atoms with van der Waals surface area (Å²) in [5.74, 6) is 2.57. The average Bonchev–Trinajstić information content (AvgIpc) is 3.40. The molecule has 0 radical (unpaired) electrons. The third-order valence-electron chi connectivity index (χ3n) is 7.35. The second-order valence-corrected chi connectivity index (χ2v) is 9.88. The number of carbonyl (C=O) groups excluding carboxylic acids is 1. The van der Waals surface area contributed by atoms with Gasteiger partial charge in [-0.1, -0.05) is 6.07 Å². The quantitative estimate of drug-likeness (QED) is 0.455. The maximum Gasteiger partial charge on any atom is 0.219 e. The molecule has 2 aliphatic rings. The highest BCUT2D eigenvalue weighted by Crippen LogP contribution is 2.24. The zero-order chi connectivity index (χ0) is 24.5. The molecule has 35 heavy (non-hydrogen) atoms. The number of amides is 1. The number of carbonyl (C=O) groups is 1. The van der Waals surface area contributed by atoms with Crippen LogP contribution in [0.2, 0.25) is 0 Å². The number of likely N-dealkylation sites (tertiary alicyclic amines) is 2. The van der Waals surface area contributed by atoms with Crippen LogP contribution < -0.4 is 4.74 Å². The molecule has 1 amide bonds. The maximum absolute atomic E-state index is 11.5. The number of nitrogens with zero attached hydrogens (tertiary/aromatic N) is 4. The van der Waals surface area contributed by atoms with Gasteiger partial charge in [-0.2, -0.15) is 0 Å². The summed E-state index contributed by atoms with van der Waals surface area (Å²) in [6, 6.07) is 8.30. The SMILES string of the molecule is COc1ccc(Cc2nccc(CCC3CCN(C(C)=O)CC3)n2)cc1COCCN1CCCC1. The summed E-state index contributed by atoms with van der Waals surface area (Å²) >= 11 is 0. The molecule has 7 heteroatoms. The van der Waals surface area contributed by atoms with E-state index in [1.807, 2.05) is 23.2 Å². The number of aromatic nitrogens is 2. The molecule has 190 valence electrons. The Morgan fingerprint density at radius 3 is 2.66 bits per heavy atom. The molecule has 0 N–H and O–H groups in total. The van der Waals surface area contributed by atoms with Crippen molar-refractivity contribution in [2.75, 3.05) is 46.4 Å². The Labute approximate surface area is 209 Å². The number of piperidine rings is 1. The summed E-state index contributed by atoms with van der Waals surface area (Å²) in [6.07, 6.45) is 9.43. The molecule has 1 aromatic carbocycles. The van der Waals surface area contributed by atoms with Crippen molar-refractivity contribution in [3.8, 4) is 5.75 Å². The predicted octanol–water partition coefficient (Wildman–Crippen LogP) is 3.88. The molecule has 0 atom stereocenters. The third kappa shape index (κ3) is 7.74. The summed E-state index contributed by atoms with van der Waals surface area (Å²) in [6.45, 7) is 8.12. The van der Waals surface area contributed by atoms with Crippen molar-refractivity contribution in [1.82, 2.24) is 19.8 Å². The molecule has 0 spiro atoms. The molecule has 2 aromatic rings. The van der Waals surface area contributed by atoms with Gasteiger partial charge in [-0.05, 0) is 81.3 Å². The molecule has 3 heterocycles. The zero-order valence-electron chi connectivity index (χ0n) is 21.4. The Kier molecular flexibility index (Phi) is 9.49. The standard InChI is InChI=1S/C28H40N4O3/c1-22(33)32-15-10-23(11-16-32)5-7-26-9-12-29-28(30-26)20-24-6-8-27(34-2)25(19-24)21-35-18-17-31-13-3-4-14-31/h6,8-9,12,19,23H,3-5,7,10-11,13-18,20-21H2,1-2H3. The fraction of sp³-hybridized carbons (Fsp3) is 0.607. The van der Waals surface area contributed by atoms with E-state index < -0.39 is 0 Å². The smallest absolute Gasteiger partial charge is 0.219 e. The molecule has 2 aliphatic heterocycles. The van der Waals surface area contributed by atoms with Crippen molar-refractivity contribution in [3.63, 3.8) is 0 Å². The summed E-state index contributed by atoms with van der Waals surface area (Å²) in [5.41, 5.74) is 3.33. The maximum atomic E-state index is 11.5. The fourth-order valence-corrected chi connectivity index (χ4v) is 5.17. The molecule has 0 saturated carbocycles. The van der Waals surface area contributed by atoms with E-state index in [1.54, 1.807) is 14.0 Å². The highest BCUT2D eigenvalue weighted by atomic mass is 16.5. The number of methoxy groups -OCH3 is 1. The van der Waals surface area contributed by atoms with E-state index in [-0.39, 0.29) is 5.91 Å². The average molecular weight is 481 g/mol. The van der Waals surface area contributed by atoms with Gasteiger partial charge in [0.15, 0.2) is 0 Å². The van der Waals surface area contributed by atoms with Crippen molar-refractivity contribution in [1.29, 1.82) is 0 Å². The van der Waals surface area contributed by atoms with Gasteiger partial charge in [-0.3, -0.25) is 4.79 Å². The Morgan fingerprint density at radius 2 is 1.91 bits per heavy atom. The van der Waals surface area contributed by atoms with Gasteiger partial charge in [0.05, 0.1) is 20.3 Å². The summed E-state index contributed by atoms with van der Waals surface area (Å²) in [4.78, 5) is 25.3. The van der Waals surface area contributed by atoms with Crippen LogP contribution in [-0.2, 0) is 29.0 Å². The highest BCUT2D eigenvalue weighted by Gasteiger charge is 2.20. The van der Waals surface area contributed by atoms with Crippen molar-refractivity contribution in [2.45, 2.75) is 58.5 Å². The van der Waals surface area contributed by atoms with Crippen molar-refractivity contribution < 1.29 is 14.3 Å². The van der Waals surface area contributed by atoms with Gasteiger partial charge in [0.25, 0.3) is 0 Å². The largest absolute Gasteiger partial charge is 0.496 e. The number of rotatable bonds is 11. The van der Waals surface area contributed by atoms with E-state index in [1.165, 1.54) is 25.9 Å². The molecule has 0 unspecified atom stereocenters. The zero-order valence-corrected chi connectivity index (χ0v) is 21.4. The van der Waals surface area contributed by atoms with Gasteiger partial charge >= 0.3 is 0 Å². The van der Waals surface area contributed by atoms with E-state index in [2.05, 4.69) is 22.0 Å². The molecule has 7 nitrogen and oxygen atoms in total. The minimum absolute atomic E-state index is 0.194. The lowest BCUT2D eigenvalue weighted by atomic mass is 9.91. The first-order valence-electron chi connectivity index (χ1n) is 13.1. The molecular formula is C28H40N4O3. The van der Waals surface area contributed by atoms with Crippen LogP contribution >= 0.6 is 0 Å². The van der Waals surface area contributed by atoms with Crippen molar-refractivity contribution in [3.05, 3.63) is 53.1 Å². The van der Waals surface area contributed by atoms with Crippen LogP contribution in [0.1, 0.15) is 61.7 Å². The third-order valence-corrected chi connectivity index (χ3v) is 7.35. The molecule has 4 rings (SSSR count). The first kappa shape index (κ1) is 25.6. The van der Waals surface area contributed by atoms with Crippen LogP contribution in [0.15, 0.2) is 30.5 Å². The Hall–Kier alpha value is -2.51. The van der Waals surface area contributed by atoms with Crippen LogP contribution in [0, 0.1) is 5.92 Å². The predicted molar refractivity (Wildman–Crippen MR) is 136 cm³/mol. The topological polar surface area (TPSA) is 67.8 Å². The lowest BCUT2D eigenvalue weighted by molar-refractivity contribution is -0.130. The molecule has 0 aliphatic carbocycles. The second kappa shape index (κ2) is 13.0. The first-order chi connectivity index (χ1) is 17.1. The van der Waals surface area contributed by atoms with Crippen LogP contribution in [0.3, 0.4) is 0 Å². The highest BCUT2D eigenvalue weighted by molar-refractivity contribution is 5.73. The molecule has 2 fully saturated rings. The van der Waals surface area contributed by atoms with Crippen LogP contribution in [0.4, 0.5) is 0 Å². The van der Waals surface area contributed by atoms with Crippen LogP contribution in [0.25, 0.3) is 0 Å². The Balaban J connectivity index is 1.28. The lowest BCUT2D eigenvalue weighted by Crippen LogP contribution is -2.37. The van der Waals surface area contributed by atoms with Crippen molar-refractivity contribution >= 4 is 5.91 Å². The molecule has 0 bridgehead atoms. The van der Waals surface area contributed by atoms with E-state index in [0.717, 1.165) is 80.3 Å². The Bertz CT molecular complexity index is 953. The van der Waals surface area contributed by atoms with E-state index >= 15 is 0 Å². The fourth-order valence-electron chi connectivity index (χ4n) is 5.17. The van der Waals surface area contributed by atoms with E-state index in [9.17, 15) is 4.79 Å². The first-order valence-corrected chi connectivity index (χ1v) is 13.1. The summed E-state index contributed by atoms with van der Waals surface area (Å²) < 4.78 is 11.5. The minimum atomic E-state index is 0.194. The van der Waals surface area contributed by atoms with Crippen molar-refractivity contribution in [2.24, 2.45) is 5.92 Å². The molecule has 2 saturated heterocycles. The number of hydrogen-bond acceptors (Lipinski definition) is 6. The number of benzene rings is 1. The van der Waals surface area contributed by atoms with Crippen LogP contribution in [0.5, 0.6) is 5.75 Å². The van der Waals surface area contributed by atoms with Gasteiger partial charge in [0.2, 0.25) is 5.91 Å². The molecule has 1 aromatic heterocycles. The lowest BCUT2D eigenvalue weighted by Gasteiger charge is -2.31. The summed E-state index contributed by atoms with van der Waals surface area (Å²) in [5, 5.41) is 0. The number of hydrogen-bond donors (Lipinski definition) is 0. The normalized spacial score (nSPS) is 17.1. The second-order valence-electron chi connectivity index (χ2n) is 9.88. The number of aryl methyl sites for hydroxylation is 1. The molecular weight excluding hydrogens is 440 g/mol. The minimum Gasteiger partial charge on any atom is -0.496 e. The van der Waals surface area contributed by atoms with E-state index in [0.29, 0.717) is 18.9 Å². The van der Waals surface area contributed by atoms with Gasteiger partial charge < -0.3 is 19.3 Å². The van der Waals surface area contributed by atoms with Gasteiger partial charge in [-0.15, -0.1) is 0 Å².